The molecule has 0 unspecified atom stereocenters. The second-order valence-electron chi connectivity index (χ2n) is 7.07. The van der Waals surface area contributed by atoms with Crippen molar-refractivity contribution < 1.29 is 9.59 Å². The topological polar surface area (TPSA) is 76.0 Å². The van der Waals surface area contributed by atoms with Crippen molar-refractivity contribution in [2.24, 2.45) is 7.05 Å². The lowest BCUT2D eigenvalue weighted by molar-refractivity contribution is -0.118. The maximum absolute atomic E-state index is 13.0. The maximum Gasteiger partial charge on any atom is 0.251 e. The van der Waals surface area contributed by atoms with Gasteiger partial charge in [-0.1, -0.05) is 40.9 Å². The van der Waals surface area contributed by atoms with Crippen molar-refractivity contribution in [2.75, 3.05) is 5.32 Å². The first kappa shape index (κ1) is 20.7. The van der Waals surface area contributed by atoms with Gasteiger partial charge in [0, 0.05) is 29.1 Å². The van der Waals surface area contributed by atoms with Crippen LogP contribution in [0.25, 0.3) is 0 Å². The van der Waals surface area contributed by atoms with Crippen LogP contribution in [0.3, 0.4) is 0 Å². The minimum atomic E-state index is -0.874. The minimum absolute atomic E-state index is 0.344. The number of nitrogens with zero attached hydrogens (tertiary/aromatic N) is 2. The van der Waals surface area contributed by atoms with E-state index in [4.69, 9.17) is 34.8 Å². The number of amides is 2. The molecule has 2 N–H and O–H groups in total. The average Bonchev–Trinajstić information content (AvgIpc) is 2.98. The third kappa shape index (κ3) is 3.67. The van der Waals surface area contributed by atoms with Gasteiger partial charge in [0.15, 0.2) is 0 Å². The SMILES string of the molecule is Cc1nn(C)c2c1[C@@H](c1ccc(Cl)c(Cl)c1)[C@H](NC(=O)c1ccc(Cl)cc1)C(=O)N2. The van der Waals surface area contributed by atoms with E-state index in [9.17, 15) is 9.59 Å². The molecular weight excluding hydrogens is 447 g/mol. The number of aromatic nitrogens is 2. The summed E-state index contributed by atoms with van der Waals surface area (Å²) in [6, 6.07) is 10.8. The van der Waals surface area contributed by atoms with Crippen molar-refractivity contribution in [1.29, 1.82) is 0 Å². The zero-order valence-corrected chi connectivity index (χ0v) is 18.3. The fraction of sp³-hybridized carbons (Fsp3) is 0.190. The van der Waals surface area contributed by atoms with Gasteiger partial charge in [-0.2, -0.15) is 5.10 Å². The summed E-state index contributed by atoms with van der Waals surface area (Å²) in [4.78, 5) is 25.9. The molecular formula is C21H17Cl3N4O2. The smallest absolute Gasteiger partial charge is 0.251 e. The molecule has 0 saturated carbocycles. The lowest BCUT2D eigenvalue weighted by Gasteiger charge is -2.32. The standard InChI is InChI=1S/C21H17Cl3N4O2/c1-10-16-17(12-5-8-14(23)15(24)9-12)18(21(30)26-19(16)28(2)27-10)25-20(29)11-3-6-13(22)7-4-11/h3-9,17-18H,1-2H3,(H,25,29)(H,26,30)/t17-,18+/m1/s1. The van der Waals surface area contributed by atoms with Crippen LogP contribution in [-0.2, 0) is 11.8 Å². The number of fused-ring (bicyclic) bond motifs is 1. The first-order chi connectivity index (χ1) is 14.3. The van der Waals surface area contributed by atoms with E-state index in [1.54, 1.807) is 54.2 Å². The average molecular weight is 464 g/mol. The van der Waals surface area contributed by atoms with Crippen LogP contribution in [0.15, 0.2) is 42.5 Å². The van der Waals surface area contributed by atoms with Crippen molar-refractivity contribution in [1.82, 2.24) is 15.1 Å². The molecule has 0 bridgehead atoms. The van der Waals surface area contributed by atoms with Gasteiger partial charge in [-0.15, -0.1) is 0 Å². The molecule has 2 amide bonds. The quantitative estimate of drug-likeness (QED) is 0.597. The number of benzene rings is 2. The molecule has 4 rings (SSSR count). The van der Waals surface area contributed by atoms with Crippen molar-refractivity contribution in [3.05, 3.63) is 79.9 Å². The molecule has 2 heterocycles. The first-order valence-electron chi connectivity index (χ1n) is 9.12. The predicted molar refractivity (Wildman–Crippen MR) is 118 cm³/mol. The van der Waals surface area contributed by atoms with Gasteiger partial charge < -0.3 is 10.6 Å². The van der Waals surface area contributed by atoms with Crippen molar-refractivity contribution >= 4 is 52.4 Å². The monoisotopic (exact) mass is 462 g/mol. The van der Waals surface area contributed by atoms with Gasteiger partial charge in [0.25, 0.3) is 5.91 Å². The van der Waals surface area contributed by atoms with E-state index in [0.29, 0.717) is 26.4 Å². The van der Waals surface area contributed by atoms with Crippen LogP contribution < -0.4 is 10.6 Å². The van der Waals surface area contributed by atoms with Crippen LogP contribution in [0, 0.1) is 6.92 Å². The fourth-order valence-corrected chi connectivity index (χ4v) is 4.18. The number of anilines is 1. The highest BCUT2D eigenvalue weighted by atomic mass is 35.5. The van der Waals surface area contributed by atoms with Crippen LogP contribution in [-0.4, -0.2) is 27.6 Å². The molecule has 0 saturated heterocycles. The number of carbonyl (C=O) groups is 2. The molecule has 30 heavy (non-hydrogen) atoms. The Morgan fingerprint density at radius 1 is 1.10 bits per heavy atom. The molecule has 1 aromatic heterocycles. The van der Waals surface area contributed by atoms with Gasteiger partial charge in [0.2, 0.25) is 5.91 Å². The maximum atomic E-state index is 13.0. The van der Waals surface area contributed by atoms with E-state index in [2.05, 4.69) is 15.7 Å². The normalized spacial score (nSPS) is 18.0. The molecule has 9 heteroatoms. The highest BCUT2D eigenvalue weighted by Gasteiger charge is 2.41. The molecule has 0 radical (unpaired) electrons. The number of nitrogens with one attached hydrogen (secondary N) is 2. The summed E-state index contributed by atoms with van der Waals surface area (Å²) in [5, 5.41) is 11.4. The highest BCUT2D eigenvalue weighted by Crippen LogP contribution is 2.40. The molecule has 1 aliphatic heterocycles. The highest BCUT2D eigenvalue weighted by molar-refractivity contribution is 6.42. The van der Waals surface area contributed by atoms with E-state index in [0.717, 1.165) is 16.8 Å². The number of carbonyl (C=O) groups excluding carboxylic acids is 2. The van der Waals surface area contributed by atoms with Gasteiger partial charge in [0.1, 0.15) is 11.9 Å². The summed E-state index contributed by atoms with van der Waals surface area (Å²) in [5.41, 5.74) is 2.71. The Labute approximate surface area is 188 Å². The van der Waals surface area contributed by atoms with Crippen molar-refractivity contribution in [3.8, 4) is 0 Å². The summed E-state index contributed by atoms with van der Waals surface area (Å²) in [6.07, 6.45) is 0. The van der Waals surface area contributed by atoms with Gasteiger partial charge in [-0.3, -0.25) is 14.3 Å². The van der Waals surface area contributed by atoms with E-state index in [1.807, 2.05) is 6.92 Å². The third-order valence-corrected chi connectivity index (χ3v) is 6.12. The van der Waals surface area contributed by atoms with Gasteiger partial charge in [-0.05, 0) is 48.9 Å². The lowest BCUT2D eigenvalue weighted by Crippen LogP contribution is -2.50. The zero-order chi connectivity index (χ0) is 21.6. The summed E-state index contributed by atoms with van der Waals surface area (Å²) in [5.74, 6) is -0.634. The molecule has 2 aromatic carbocycles. The number of halogens is 3. The van der Waals surface area contributed by atoms with E-state index in [1.165, 1.54) is 0 Å². The molecule has 2 atom stereocenters. The van der Waals surface area contributed by atoms with Gasteiger partial charge >= 0.3 is 0 Å². The van der Waals surface area contributed by atoms with E-state index in [-0.39, 0.29) is 11.8 Å². The Kier molecular flexibility index (Phi) is 5.49. The Bertz CT molecular complexity index is 1160. The zero-order valence-electron chi connectivity index (χ0n) is 16.0. The van der Waals surface area contributed by atoms with Crippen LogP contribution >= 0.6 is 34.8 Å². The Balaban J connectivity index is 1.79. The summed E-state index contributed by atoms with van der Waals surface area (Å²) in [6.45, 7) is 1.86. The largest absolute Gasteiger partial charge is 0.339 e. The Morgan fingerprint density at radius 2 is 1.80 bits per heavy atom. The predicted octanol–water partition coefficient (Wildman–Crippen LogP) is 4.57. The second kappa shape index (κ2) is 7.95. The summed E-state index contributed by atoms with van der Waals surface area (Å²) >= 11 is 18.3. The Morgan fingerprint density at radius 3 is 2.47 bits per heavy atom. The molecule has 6 nitrogen and oxygen atoms in total. The second-order valence-corrected chi connectivity index (χ2v) is 8.32. The van der Waals surface area contributed by atoms with Crippen LogP contribution in [0.1, 0.15) is 33.1 Å². The number of hydrogen-bond donors (Lipinski definition) is 2. The van der Waals surface area contributed by atoms with Crippen molar-refractivity contribution in [3.63, 3.8) is 0 Å². The lowest BCUT2D eigenvalue weighted by atomic mass is 9.82. The van der Waals surface area contributed by atoms with Crippen molar-refractivity contribution in [2.45, 2.75) is 18.9 Å². The van der Waals surface area contributed by atoms with Gasteiger partial charge in [0.05, 0.1) is 15.7 Å². The van der Waals surface area contributed by atoms with Crippen LogP contribution in [0.2, 0.25) is 15.1 Å². The fourth-order valence-electron chi connectivity index (χ4n) is 3.75. The molecule has 0 spiro atoms. The Hall–Kier alpha value is -2.54. The van der Waals surface area contributed by atoms with Gasteiger partial charge in [-0.25, -0.2) is 0 Å². The molecule has 0 fully saturated rings. The number of aryl methyl sites for hydroxylation is 2. The molecule has 154 valence electrons. The summed E-state index contributed by atoms with van der Waals surface area (Å²) < 4.78 is 1.62. The van der Waals surface area contributed by atoms with Crippen LogP contribution in [0.5, 0.6) is 0 Å². The van der Waals surface area contributed by atoms with E-state index < -0.39 is 12.0 Å². The number of hydrogen-bond acceptors (Lipinski definition) is 3. The summed E-state index contributed by atoms with van der Waals surface area (Å²) in [7, 11) is 1.75. The third-order valence-electron chi connectivity index (χ3n) is 5.13. The van der Waals surface area contributed by atoms with E-state index >= 15 is 0 Å². The molecule has 1 aliphatic rings. The van der Waals surface area contributed by atoms with Crippen LogP contribution in [0.4, 0.5) is 5.82 Å². The molecule has 3 aromatic rings. The molecule has 0 aliphatic carbocycles. The number of rotatable bonds is 3. The first-order valence-corrected chi connectivity index (χ1v) is 10.3. The minimum Gasteiger partial charge on any atom is -0.339 e.